The molecule has 0 unspecified atom stereocenters. The third-order valence-corrected chi connectivity index (χ3v) is 4.46. The highest BCUT2D eigenvalue weighted by atomic mass is 16.7. The Morgan fingerprint density at radius 2 is 1.88 bits per heavy atom. The monoisotopic (exact) mass is 323 g/mol. The first-order chi connectivity index (χ1) is 11.7. The number of hydrogen-bond acceptors (Lipinski definition) is 4. The van der Waals surface area contributed by atoms with Crippen LogP contribution >= 0.6 is 0 Å². The third-order valence-electron chi connectivity index (χ3n) is 4.46. The summed E-state index contributed by atoms with van der Waals surface area (Å²) in [7, 11) is 0. The van der Waals surface area contributed by atoms with E-state index in [1.54, 1.807) is 11.8 Å². The van der Waals surface area contributed by atoms with Gasteiger partial charge in [-0.1, -0.05) is 48.5 Å². The van der Waals surface area contributed by atoms with E-state index in [-0.39, 0.29) is 12.5 Å². The van der Waals surface area contributed by atoms with Crippen molar-refractivity contribution in [1.82, 2.24) is 0 Å². The summed E-state index contributed by atoms with van der Waals surface area (Å²) in [5.41, 5.74) is 1.34. The first-order valence-corrected chi connectivity index (χ1v) is 7.98. The average molecular weight is 323 g/mol. The van der Waals surface area contributed by atoms with Crippen molar-refractivity contribution in [1.29, 1.82) is 0 Å². The van der Waals surface area contributed by atoms with Gasteiger partial charge in [0.15, 0.2) is 6.10 Å². The highest BCUT2D eigenvalue weighted by molar-refractivity contribution is 6.12. The number of fused-ring (bicyclic) bond motifs is 2. The molecule has 4 rings (SSSR count). The van der Waals surface area contributed by atoms with Crippen molar-refractivity contribution in [2.75, 3.05) is 11.5 Å². The van der Waals surface area contributed by atoms with Gasteiger partial charge in [0.25, 0.3) is 5.91 Å². The number of amides is 1. The van der Waals surface area contributed by atoms with Crippen LogP contribution in [-0.4, -0.2) is 24.6 Å². The van der Waals surface area contributed by atoms with Crippen LogP contribution in [0.2, 0.25) is 0 Å². The van der Waals surface area contributed by atoms with E-state index in [1.165, 1.54) is 0 Å². The van der Waals surface area contributed by atoms with E-state index in [1.807, 2.05) is 54.6 Å². The molecule has 24 heavy (non-hydrogen) atoms. The lowest BCUT2D eigenvalue weighted by Crippen LogP contribution is -2.35. The van der Waals surface area contributed by atoms with Gasteiger partial charge >= 0.3 is 5.97 Å². The zero-order chi connectivity index (χ0) is 16.7. The summed E-state index contributed by atoms with van der Waals surface area (Å²) in [4.78, 5) is 26.8. The number of epoxide rings is 1. The summed E-state index contributed by atoms with van der Waals surface area (Å²) in [5.74, 6) is -0.687. The van der Waals surface area contributed by atoms with E-state index < -0.39 is 17.7 Å². The Balaban J connectivity index is 1.70. The highest BCUT2D eigenvalue weighted by Gasteiger charge is 2.73. The van der Waals surface area contributed by atoms with Gasteiger partial charge in [0.1, 0.15) is 0 Å². The van der Waals surface area contributed by atoms with E-state index >= 15 is 0 Å². The molecule has 2 aliphatic heterocycles. The van der Waals surface area contributed by atoms with Crippen LogP contribution in [0.15, 0.2) is 54.6 Å². The molecule has 1 spiro atoms. The molecule has 2 aliphatic rings. The van der Waals surface area contributed by atoms with Crippen LogP contribution in [0.25, 0.3) is 0 Å². The molecule has 0 radical (unpaired) electrons. The predicted molar refractivity (Wildman–Crippen MR) is 87.3 cm³/mol. The number of anilines is 1. The summed E-state index contributed by atoms with van der Waals surface area (Å²) in [6, 6.07) is 17.2. The fourth-order valence-corrected chi connectivity index (χ4v) is 3.32. The van der Waals surface area contributed by atoms with Gasteiger partial charge in [-0.15, -0.1) is 0 Å². The predicted octanol–water partition coefficient (Wildman–Crippen LogP) is 2.39. The minimum atomic E-state index is -1.21. The second-order valence-corrected chi connectivity index (χ2v) is 5.88. The summed E-state index contributed by atoms with van der Waals surface area (Å²) < 4.78 is 10.7. The van der Waals surface area contributed by atoms with Crippen LogP contribution in [0.1, 0.15) is 18.1 Å². The van der Waals surface area contributed by atoms with E-state index in [4.69, 9.17) is 9.47 Å². The maximum atomic E-state index is 13.1. The standard InChI is InChI=1S/C19H17NO4/c1-2-23-17(21)16-19(24-16)14-10-6-7-11-15(14)20(18(19)22)12-13-8-4-3-5-9-13/h3-11,16H,2,12H2,1H3/t16-,19+/m1/s1. The third kappa shape index (κ3) is 2.05. The minimum absolute atomic E-state index is 0.203. The molecule has 0 bridgehead atoms. The number of hydrogen-bond donors (Lipinski definition) is 0. The Morgan fingerprint density at radius 1 is 1.17 bits per heavy atom. The lowest BCUT2D eigenvalue weighted by molar-refractivity contribution is -0.144. The Labute approximate surface area is 139 Å². The Hall–Kier alpha value is -2.66. The van der Waals surface area contributed by atoms with Crippen LogP contribution in [0.3, 0.4) is 0 Å². The minimum Gasteiger partial charge on any atom is -0.464 e. The molecule has 2 aromatic rings. The maximum Gasteiger partial charge on any atom is 0.339 e. The van der Waals surface area contributed by atoms with E-state index in [0.717, 1.165) is 16.8 Å². The van der Waals surface area contributed by atoms with Crippen molar-refractivity contribution < 1.29 is 19.1 Å². The molecule has 122 valence electrons. The average Bonchev–Trinajstić information content (AvgIpc) is 3.32. The fourth-order valence-electron chi connectivity index (χ4n) is 3.32. The van der Waals surface area contributed by atoms with Gasteiger partial charge in [-0.2, -0.15) is 0 Å². The first-order valence-electron chi connectivity index (χ1n) is 7.98. The molecular formula is C19H17NO4. The van der Waals surface area contributed by atoms with Gasteiger partial charge in [0.2, 0.25) is 5.60 Å². The number of benzene rings is 2. The molecule has 1 saturated heterocycles. The lowest BCUT2D eigenvalue weighted by Gasteiger charge is -2.17. The van der Waals surface area contributed by atoms with Crippen molar-refractivity contribution in [3.63, 3.8) is 0 Å². The molecule has 1 amide bonds. The van der Waals surface area contributed by atoms with Crippen molar-refractivity contribution in [2.45, 2.75) is 25.2 Å². The van der Waals surface area contributed by atoms with Crippen LogP contribution in [0.5, 0.6) is 0 Å². The van der Waals surface area contributed by atoms with Gasteiger partial charge in [-0.3, -0.25) is 4.79 Å². The van der Waals surface area contributed by atoms with Gasteiger partial charge in [-0.05, 0) is 18.6 Å². The molecule has 5 heteroatoms. The largest absolute Gasteiger partial charge is 0.464 e. The van der Waals surface area contributed by atoms with Crippen LogP contribution in [0.4, 0.5) is 5.69 Å². The summed E-state index contributed by atoms with van der Waals surface area (Å²) >= 11 is 0. The second-order valence-electron chi connectivity index (χ2n) is 5.88. The molecule has 0 aromatic heterocycles. The maximum absolute atomic E-state index is 13.1. The van der Waals surface area contributed by atoms with Crippen LogP contribution in [0, 0.1) is 0 Å². The molecular weight excluding hydrogens is 306 g/mol. The Morgan fingerprint density at radius 3 is 2.62 bits per heavy atom. The van der Waals surface area contributed by atoms with Gasteiger partial charge in [0.05, 0.1) is 18.8 Å². The smallest absolute Gasteiger partial charge is 0.339 e. The molecule has 5 nitrogen and oxygen atoms in total. The lowest BCUT2D eigenvalue weighted by atomic mass is 9.97. The number of carbonyl (C=O) groups excluding carboxylic acids is 2. The second kappa shape index (κ2) is 5.46. The molecule has 2 heterocycles. The normalized spacial score (nSPS) is 24.1. The van der Waals surface area contributed by atoms with E-state index in [0.29, 0.717) is 6.54 Å². The molecule has 0 N–H and O–H groups in total. The zero-order valence-electron chi connectivity index (χ0n) is 13.3. The summed E-state index contributed by atoms with van der Waals surface area (Å²) in [5, 5.41) is 0. The molecule has 0 saturated carbocycles. The summed E-state index contributed by atoms with van der Waals surface area (Å²) in [6.45, 7) is 2.44. The van der Waals surface area contributed by atoms with E-state index in [2.05, 4.69) is 0 Å². The molecule has 1 fully saturated rings. The number of para-hydroxylation sites is 1. The van der Waals surface area contributed by atoms with Crippen molar-refractivity contribution in [3.05, 3.63) is 65.7 Å². The van der Waals surface area contributed by atoms with Crippen molar-refractivity contribution in [2.24, 2.45) is 0 Å². The zero-order valence-corrected chi connectivity index (χ0v) is 13.3. The first kappa shape index (κ1) is 14.9. The van der Waals surface area contributed by atoms with Crippen LogP contribution < -0.4 is 4.90 Å². The molecule has 2 aromatic carbocycles. The molecule has 0 aliphatic carbocycles. The fraction of sp³-hybridized carbons (Fsp3) is 0.263. The van der Waals surface area contributed by atoms with Gasteiger partial charge in [0, 0.05) is 5.56 Å². The van der Waals surface area contributed by atoms with Gasteiger partial charge < -0.3 is 14.4 Å². The number of carbonyl (C=O) groups is 2. The van der Waals surface area contributed by atoms with Crippen molar-refractivity contribution in [3.8, 4) is 0 Å². The number of ether oxygens (including phenoxy) is 2. The van der Waals surface area contributed by atoms with Crippen molar-refractivity contribution >= 4 is 17.6 Å². The Bertz CT molecular complexity index is 804. The molecule has 2 atom stereocenters. The topological polar surface area (TPSA) is 59.1 Å². The number of rotatable bonds is 4. The van der Waals surface area contributed by atoms with Crippen LogP contribution in [-0.2, 0) is 31.2 Å². The quantitative estimate of drug-likeness (QED) is 0.640. The number of esters is 1. The number of nitrogens with zero attached hydrogens (tertiary/aromatic N) is 1. The van der Waals surface area contributed by atoms with E-state index in [9.17, 15) is 9.59 Å². The van der Waals surface area contributed by atoms with Gasteiger partial charge in [-0.25, -0.2) is 4.79 Å². The summed E-state index contributed by atoms with van der Waals surface area (Å²) in [6.07, 6.45) is -0.855. The SMILES string of the molecule is CCOC(=O)[C@H]1O[C@]12C(=O)N(Cc1ccccc1)c1ccccc12. The Kier molecular flexibility index (Phi) is 3.39. The highest BCUT2D eigenvalue weighted by Crippen LogP contribution is 2.56.